The second-order valence-electron chi connectivity index (χ2n) is 7.19. The quantitative estimate of drug-likeness (QED) is 0.384. The Bertz CT molecular complexity index is 1240. The highest BCUT2D eigenvalue weighted by atomic mass is 32.1. The largest absolute Gasteiger partial charge is 0.496 e. The molecule has 0 amide bonds. The molecule has 0 atom stereocenters. The highest BCUT2D eigenvalue weighted by Gasteiger charge is 2.10. The molecule has 0 fully saturated rings. The average Bonchev–Trinajstić information content (AvgIpc) is 3.25. The lowest BCUT2D eigenvalue weighted by Gasteiger charge is -2.12. The van der Waals surface area contributed by atoms with Crippen LogP contribution in [0.1, 0.15) is 11.1 Å². The summed E-state index contributed by atoms with van der Waals surface area (Å²) in [5, 5.41) is 15.6. The van der Waals surface area contributed by atoms with Gasteiger partial charge in [-0.3, -0.25) is 4.79 Å². The van der Waals surface area contributed by atoms with Crippen LogP contribution in [0.2, 0.25) is 0 Å². The van der Waals surface area contributed by atoms with Crippen molar-refractivity contribution >= 4 is 33.2 Å². The van der Waals surface area contributed by atoms with Crippen LogP contribution < -0.4 is 14.8 Å². The van der Waals surface area contributed by atoms with E-state index in [1.807, 2.05) is 18.2 Å². The number of carboxylic acid groups (broad SMARTS) is 1. The first-order chi connectivity index (χ1) is 15.6. The molecule has 0 spiro atoms. The van der Waals surface area contributed by atoms with Crippen LogP contribution >= 0.6 is 11.3 Å². The Balaban J connectivity index is 1.50. The van der Waals surface area contributed by atoms with Gasteiger partial charge in [-0.1, -0.05) is 24.3 Å². The number of carbonyl (C=O) groups is 1. The third-order valence-electron chi connectivity index (χ3n) is 5.05. The van der Waals surface area contributed by atoms with Crippen molar-refractivity contribution in [3.8, 4) is 23.0 Å². The fourth-order valence-corrected chi connectivity index (χ4v) is 4.27. The normalized spacial score (nSPS) is 10.8. The number of fused-ring (bicyclic) bond motifs is 1. The number of ether oxygens (including phenoxy) is 2. The van der Waals surface area contributed by atoms with E-state index in [2.05, 4.69) is 38.9 Å². The Kier molecular flexibility index (Phi) is 6.51. The van der Waals surface area contributed by atoms with Crippen LogP contribution in [0.3, 0.4) is 0 Å². The molecule has 4 aromatic rings. The molecule has 0 saturated heterocycles. The summed E-state index contributed by atoms with van der Waals surface area (Å²) in [5.74, 6) is 0.670. The van der Waals surface area contributed by atoms with Crippen LogP contribution in [0.5, 0.6) is 11.8 Å². The van der Waals surface area contributed by atoms with E-state index in [0.717, 1.165) is 28.9 Å². The number of methoxy groups -OCH3 is 2. The predicted molar refractivity (Wildman–Crippen MR) is 126 cm³/mol. The summed E-state index contributed by atoms with van der Waals surface area (Å²) in [6.07, 6.45) is 0.751. The second kappa shape index (κ2) is 9.65. The number of rotatable bonds is 9. The summed E-state index contributed by atoms with van der Waals surface area (Å²) < 4.78 is 12.1. The molecule has 0 aliphatic heterocycles. The Morgan fingerprint density at radius 1 is 1.06 bits per heavy atom. The number of nitrogens with one attached hydrogen (secondary N) is 1. The van der Waals surface area contributed by atoms with Crippen LogP contribution in [-0.2, 0) is 17.6 Å². The number of benzene rings is 2. The summed E-state index contributed by atoms with van der Waals surface area (Å²) in [6, 6.07) is 15.8. The van der Waals surface area contributed by atoms with E-state index < -0.39 is 5.97 Å². The summed E-state index contributed by atoms with van der Waals surface area (Å²) >= 11 is 1.70. The van der Waals surface area contributed by atoms with Gasteiger partial charge in [0.15, 0.2) is 0 Å². The molecule has 2 N–H and O–H groups in total. The molecule has 164 valence electrons. The van der Waals surface area contributed by atoms with E-state index in [-0.39, 0.29) is 12.4 Å². The number of hydrogen-bond acceptors (Lipinski definition) is 7. The van der Waals surface area contributed by atoms with E-state index in [9.17, 15) is 4.79 Å². The maximum Gasteiger partial charge on any atom is 0.318 e. The van der Waals surface area contributed by atoms with Crippen LogP contribution in [-0.4, -0.2) is 41.8 Å². The Labute approximate surface area is 189 Å². The van der Waals surface area contributed by atoms with Crippen molar-refractivity contribution in [3.63, 3.8) is 0 Å². The van der Waals surface area contributed by atoms with Gasteiger partial charge in [-0.15, -0.1) is 11.3 Å². The molecule has 0 unspecified atom stereocenters. The molecule has 0 bridgehead atoms. The van der Waals surface area contributed by atoms with Gasteiger partial charge in [0.25, 0.3) is 0 Å². The molecular formula is C24H23N3O4S. The first-order valence-electron chi connectivity index (χ1n) is 10.1. The zero-order valence-electron chi connectivity index (χ0n) is 17.8. The standard InChI is InChI=1S/C24H23N3O4S/c1-30-20-14-21-18(8-10-32-21)12-17(20)7-9-25-22-13-19(26-24(27-22)31-2)16-5-3-15(4-6-16)11-23(28)29/h3-6,8,10,12-14H,7,9,11H2,1-2H3,(H,28,29)(H,25,26,27). The lowest BCUT2D eigenvalue weighted by molar-refractivity contribution is -0.136. The zero-order valence-corrected chi connectivity index (χ0v) is 18.6. The van der Waals surface area contributed by atoms with Gasteiger partial charge in [0.1, 0.15) is 11.6 Å². The molecule has 7 nitrogen and oxygen atoms in total. The van der Waals surface area contributed by atoms with Crippen molar-refractivity contribution in [1.82, 2.24) is 9.97 Å². The summed E-state index contributed by atoms with van der Waals surface area (Å²) in [4.78, 5) is 19.7. The van der Waals surface area contributed by atoms with Crippen LogP contribution in [0.25, 0.3) is 21.3 Å². The monoisotopic (exact) mass is 449 g/mol. The van der Waals surface area contributed by atoms with Crippen molar-refractivity contribution < 1.29 is 19.4 Å². The molecule has 0 aliphatic carbocycles. The predicted octanol–water partition coefficient (Wildman–Crippen LogP) is 4.66. The van der Waals surface area contributed by atoms with E-state index >= 15 is 0 Å². The second-order valence-corrected chi connectivity index (χ2v) is 8.14. The van der Waals surface area contributed by atoms with E-state index in [1.165, 1.54) is 17.2 Å². The SMILES string of the molecule is COc1nc(NCCc2cc3ccsc3cc2OC)cc(-c2ccc(CC(=O)O)cc2)n1. The molecule has 2 aromatic heterocycles. The molecule has 2 aromatic carbocycles. The van der Waals surface area contributed by atoms with E-state index in [0.29, 0.717) is 18.1 Å². The Morgan fingerprint density at radius 2 is 1.88 bits per heavy atom. The van der Waals surface area contributed by atoms with Crippen molar-refractivity contribution in [1.29, 1.82) is 0 Å². The highest BCUT2D eigenvalue weighted by molar-refractivity contribution is 7.17. The fraction of sp³-hybridized carbons (Fsp3) is 0.208. The van der Waals surface area contributed by atoms with Gasteiger partial charge in [-0.2, -0.15) is 9.97 Å². The number of hydrogen-bond donors (Lipinski definition) is 2. The van der Waals surface area contributed by atoms with Gasteiger partial charge < -0.3 is 19.9 Å². The van der Waals surface area contributed by atoms with Crippen molar-refractivity contribution in [2.24, 2.45) is 0 Å². The van der Waals surface area contributed by atoms with Gasteiger partial charge in [0.05, 0.1) is 26.3 Å². The number of aromatic nitrogens is 2. The molecule has 8 heteroatoms. The Morgan fingerprint density at radius 3 is 2.59 bits per heavy atom. The number of anilines is 1. The third kappa shape index (κ3) is 4.97. The zero-order chi connectivity index (χ0) is 22.5. The summed E-state index contributed by atoms with van der Waals surface area (Å²) in [6.45, 7) is 0.656. The molecule has 2 heterocycles. The van der Waals surface area contributed by atoms with Gasteiger partial charge in [-0.25, -0.2) is 0 Å². The smallest absolute Gasteiger partial charge is 0.318 e. The van der Waals surface area contributed by atoms with Crippen LogP contribution in [0.15, 0.2) is 53.9 Å². The summed E-state index contributed by atoms with van der Waals surface area (Å²) in [7, 11) is 3.22. The third-order valence-corrected chi connectivity index (χ3v) is 5.93. The van der Waals surface area contributed by atoms with Crippen molar-refractivity contribution in [2.75, 3.05) is 26.1 Å². The molecule has 32 heavy (non-hydrogen) atoms. The van der Waals surface area contributed by atoms with E-state index in [1.54, 1.807) is 30.6 Å². The Hall–Kier alpha value is -3.65. The van der Waals surface area contributed by atoms with Crippen LogP contribution in [0, 0.1) is 0 Å². The average molecular weight is 450 g/mol. The lowest BCUT2D eigenvalue weighted by Crippen LogP contribution is -2.08. The molecule has 4 rings (SSSR count). The number of thiophene rings is 1. The number of aliphatic carboxylic acids is 1. The van der Waals surface area contributed by atoms with Gasteiger partial charge in [0.2, 0.25) is 0 Å². The van der Waals surface area contributed by atoms with Crippen molar-refractivity contribution in [2.45, 2.75) is 12.8 Å². The topological polar surface area (TPSA) is 93.6 Å². The minimum atomic E-state index is -0.859. The lowest BCUT2D eigenvalue weighted by atomic mass is 10.1. The van der Waals surface area contributed by atoms with Gasteiger partial charge in [-0.05, 0) is 46.5 Å². The first-order valence-corrected chi connectivity index (χ1v) is 11.0. The maximum atomic E-state index is 10.9. The fourth-order valence-electron chi connectivity index (χ4n) is 3.47. The van der Waals surface area contributed by atoms with Gasteiger partial charge in [0, 0.05) is 22.9 Å². The molecule has 0 radical (unpaired) electrons. The van der Waals surface area contributed by atoms with Gasteiger partial charge >= 0.3 is 12.0 Å². The number of carboxylic acids is 1. The minimum absolute atomic E-state index is 0.0131. The summed E-state index contributed by atoms with van der Waals surface area (Å²) in [5.41, 5.74) is 3.41. The minimum Gasteiger partial charge on any atom is -0.496 e. The van der Waals surface area contributed by atoms with E-state index in [4.69, 9.17) is 14.6 Å². The van der Waals surface area contributed by atoms with Crippen LogP contribution in [0.4, 0.5) is 5.82 Å². The first kappa shape index (κ1) is 21.6. The molecule has 0 saturated carbocycles. The molecule has 0 aliphatic rings. The molecular weight excluding hydrogens is 426 g/mol. The maximum absolute atomic E-state index is 10.9. The number of nitrogens with zero attached hydrogens (tertiary/aromatic N) is 2. The highest BCUT2D eigenvalue weighted by Crippen LogP contribution is 2.30. The van der Waals surface area contributed by atoms with Crippen molar-refractivity contribution in [3.05, 3.63) is 65.0 Å².